The number of nitrogens with two attached hydrogens (primary N) is 1. The third-order valence-corrected chi connectivity index (χ3v) is 6.25. The largest absolute Gasteiger partial charge is 0.398 e. The standard InChI is InChI=1S/C14H21ClN2O2S/c1-9-6-7-11(8-10(9)2)17-20(18,19)14-12(15)4-3-5-13(14)16/h3-5,9-11,17H,6-8,16H2,1-2H3. The van der Waals surface area contributed by atoms with Crippen molar-refractivity contribution in [3.05, 3.63) is 23.2 Å². The van der Waals surface area contributed by atoms with Gasteiger partial charge in [0, 0.05) is 6.04 Å². The van der Waals surface area contributed by atoms with Crippen molar-refractivity contribution in [3.8, 4) is 0 Å². The van der Waals surface area contributed by atoms with E-state index in [1.165, 1.54) is 6.07 Å². The Morgan fingerprint density at radius 1 is 1.25 bits per heavy atom. The van der Waals surface area contributed by atoms with Crippen LogP contribution in [0.25, 0.3) is 0 Å². The second kappa shape index (κ2) is 5.92. The molecule has 0 radical (unpaired) electrons. The SMILES string of the molecule is CC1CCC(NS(=O)(=O)c2c(N)cccc2Cl)CC1C. The molecule has 3 atom stereocenters. The van der Waals surface area contributed by atoms with Crippen molar-refractivity contribution in [2.24, 2.45) is 11.8 Å². The van der Waals surface area contributed by atoms with Crippen LogP contribution in [0.4, 0.5) is 5.69 Å². The van der Waals surface area contributed by atoms with E-state index in [1.807, 2.05) is 0 Å². The Morgan fingerprint density at radius 2 is 1.95 bits per heavy atom. The van der Waals surface area contributed by atoms with Crippen LogP contribution in [-0.2, 0) is 10.0 Å². The summed E-state index contributed by atoms with van der Waals surface area (Å²) in [5.74, 6) is 1.15. The van der Waals surface area contributed by atoms with Gasteiger partial charge in [-0.3, -0.25) is 0 Å². The Hall–Kier alpha value is -0.780. The van der Waals surface area contributed by atoms with Crippen molar-refractivity contribution in [1.29, 1.82) is 0 Å². The summed E-state index contributed by atoms with van der Waals surface area (Å²) in [5, 5.41) is 0.162. The predicted octanol–water partition coefficient (Wildman–Crippen LogP) is 3.03. The Bertz CT molecular complexity index is 569. The molecular weight excluding hydrogens is 296 g/mol. The van der Waals surface area contributed by atoms with Gasteiger partial charge < -0.3 is 5.73 Å². The third kappa shape index (κ3) is 3.27. The molecule has 0 bridgehead atoms. The molecule has 3 N–H and O–H groups in total. The fourth-order valence-corrected chi connectivity index (χ4v) is 4.70. The van der Waals surface area contributed by atoms with Crippen molar-refractivity contribution in [3.63, 3.8) is 0 Å². The minimum Gasteiger partial charge on any atom is -0.398 e. The highest BCUT2D eigenvalue weighted by Crippen LogP contribution is 2.32. The number of rotatable bonds is 3. The molecule has 0 aliphatic heterocycles. The topological polar surface area (TPSA) is 72.2 Å². The van der Waals surface area contributed by atoms with Crippen LogP contribution in [0.3, 0.4) is 0 Å². The monoisotopic (exact) mass is 316 g/mol. The fraction of sp³-hybridized carbons (Fsp3) is 0.571. The van der Waals surface area contributed by atoms with Gasteiger partial charge in [0.1, 0.15) is 4.90 Å². The van der Waals surface area contributed by atoms with Gasteiger partial charge in [-0.05, 0) is 43.2 Å². The number of sulfonamides is 1. The number of nitrogens with one attached hydrogen (secondary N) is 1. The van der Waals surface area contributed by atoms with E-state index in [9.17, 15) is 8.42 Å². The van der Waals surface area contributed by atoms with E-state index in [0.717, 1.165) is 19.3 Å². The summed E-state index contributed by atoms with van der Waals surface area (Å²) in [5.41, 5.74) is 5.94. The molecule has 1 aliphatic carbocycles. The van der Waals surface area contributed by atoms with Gasteiger partial charge in [-0.2, -0.15) is 0 Å². The Kier molecular flexibility index (Phi) is 4.62. The van der Waals surface area contributed by atoms with Crippen LogP contribution in [0.15, 0.2) is 23.1 Å². The van der Waals surface area contributed by atoms with Gasteiger partial charge in [-0.15, -0.1) is 0 Å². The van der Waals surface area contributed by atoms with Gasteiger partial charge in [0.2, 0.25) is 10.0 Å². The van der Waals surface area contributed by atoms with Gasteiger partial charge >= 0.3 is 0 Å². The normalized spacial score (nSPS) is 27.4. The van der Waals surface area contributed by atoms with E-state index < -0.39 is 10.0 Å². The second-order valence-electron chi connectivity index (χ2n) is 5.74. The Balaban J connectivity index is 2.20. The number of hydrogen-bond acceptors (Lipinski definition) is 3. The van der Waals surface area contributed by atoms with E-state index in [1.54, 1.807) is 12.1 Å². The first-order chi connectivity index (χ1) is 9.31. The lowest BCUT2D eigenvalue weighted by atomic mass is 9.79. The third-order valence-electron chi connectivity index (χ3n) is 4.19. The zero-order valence-corrected chi connectivity index (χ0v) is 13.3. The van der Waals surface area contributed by atoms with E-state index in [-0.39, 0.29) is 21.6 Å². The molecule has 3 unspecified atom stereocenters. The van der Waals surface area contributed by atoms with Gasteiger partial charge in [-0.25, -0.2) is 13.1 Å². The fourth-order valence-electron chi connectivity index (χ4n) is 2.74. The highest BCUT2D eigenvalue weighted by atomic mass is 35.5. The molecule has 0 heterocycles. The number of nitrogen functional groups attached to an aromatic ring is 1. The molecule has 1 fully saturated rings. The minimum atomic E-state index is -3.67. The van der Waals surface area contributed by atoms with Gasteiger partial charge in [0.15, 0.2) is 0 Å². The molecule has 1 aliphatic rings. The van der Waals surface area contributed by atoms with Crippen LogP contribution in [0.1, 0.15) is 33.1 Å². The van der Waals surface area contributed by atoms with Crippen LogP contribution in [0, 0.1) is 11.8 Å². The number of benzene rings is 1. The first kappa shape index (κ1) is 15.6. The molecule has 0 saturated heterocycles. The average molecular weight is 317 g/mol. The zero-order valence-electron chi connectivity index (χ0n) is 11.8. The minimum absolute atomic E-state index is 0.00654. The van der Waals surface area contributed by atoms with E-state index in [0.29, 0.717) is 11.8 Å². The van der Waals surface area contributed by atoms with Crippen LogP contribution < -0.4 is 10.5 Å². The molecule has 1 saturated carbocycles. The summed E-state index contributed by atoms with van der Waals surface area (Å²) in [4.78, 5) is -0.00654. The predicted molar refractivity (Wildman–Crippen MR) is 82.2 cm³/mol. The smallest absolute Gasteiger partial charge is 0.244 e. The molecule has 4 nitrogen and oxygen atoms in total. The van der Waals surface area contributed by atoms with Crippen LogP contribution in [0.2, 0.25) is 5.02 Å². The van der Waals surface area contributed by atoms with Crippen molar-refractivity contribution in [2.75, 3.05) is 5.73 Å². The molecule has 1 aromatic carbocycles. The highest BCUT2D eigenvalue weighted by Gasteiger charge is 2.29. The highest BCUT2D eigenvalue weighted by molar-refractivity contribution is 7.89. The maximum absolute atomic E-state index is 12.5. The maximum atomic E-state index is 12.5. The van der Waals surface area contributed by atoms with Crippen molar-refractivity contribution >= 4 is 27.3 Å². The van der Waals surface area contributed by atoms with Crippen molar-refractivity contribution in [2.45, 2.75) is 44.0 Å². The van der Waals surface area contributed by atoms with Crippen molar-refractivity contribution in [1.82, 2.24) is 4.72 Å². The molecule has 1 aromatic rings. The maximum Gasteiger partial charge on any atom is 0.244 e. The summed E-state index contributed by atoms with van der Waals surface area (Å²) in [6.07, 6.45) is 2.74. The van der Waals surface area contributed by atoms with Gasteiger partial charge in [0.25, 0.3) is 0 Å². The van der Waals surface area contributed by atoms with E-state index in [4.69, 9.17) is 17.3 Å². The number of halogens is 1. The lowest BCUT2D eigenvalue weighted by molar-refractivity contribution is 0.242. The van der Waals surface area contributed by atoms with Gasteiger partial charge in [-0.1, -0.05) is 31.5 Å². The molecule has 2 rings (SSSR count). The van der Waals surface area contributed by atoms with Crippen LogP contribution in [0.5, 0.6) is 0 Å². The number of anilines is 1. The van der Waals surface area contributed by atoms with E-state index >= 15 is 0 Å². The Morgan fingerprint density at radius 3 is 2.55 bits per heavy atom. The molecule has 0 aromatic heterocycles. The quantitative estimate of drug-likeness (QED) is 0.842. The summed E-state index contributed by atoms with van der Waals surface area (Å²) < 4.78 is 27.7. The lowest BCUT2D eigenvalue weighted by Gasteiger charge is -2.32. The second-order valence-corrected chi connectivity index (χ2v) is 7.80. The van der Waals surface area contributed by atoms with Gasteiger partial charge in [0.05, 0.1) is 10.7 Å². The number of hydrogen-bond donors (Lipinski definition) is 2. The molecule has 6 heteroatoms. The molecular formula is C14H21ClN2O2S. The molecule has 20 heavy (non-hydrogen) atoms. The Labute approximate surface area is 125 Å². The first-order valence-corrected chi connectivity index (χ1v) is 8.73. The molecule has 0 spiro atoms. The van der Waals surface area contributed by atoms with Crippen molar-refractivity contribution < 1.29 is 8.42 Å². The summed E-state index contributed by atoms with van der Waals surface area (Å²) in [6, 6.07) is 4.69. The average Bonchev–Trinajstić information content (AvgIpc) is 2.33. The lowest BCUT2D eigenvalue weighted by Crippen LogP contribution is -2.40. The molecule has 112 valence electrons. The van der Waals surface area contributed by atoms with Crippen LogP contribution in [-0.4, -0.2) is 14.5 Å². The summed E-state index contributed by atoms with van der Waals surface area (Å²) in [7, 11) is -3.67. The summed E-state index contributed by atoms with van der Waals surface area (Å²) in [6.45, 7) is 4.37. The molecule has 0 amide bonds. The first-order valence-electron chi connectivity index (χ1n) is 6.87. The zero-order chi connectivity index (χ0) is 14.9. The summed E-state index contributed by atoms with van der Waals surface area (Å²) >= 11 is 5.98. The van der Waals surface area contributed by atoms with E-state index in [2.05, 4.69) is 18.6 Å². The van der Waals surface area contributed by atoms with Crippen LogP contribution >= 0.6 is 11.6 Å².